The van der Waals surface area contributed by atoms with Gasteiger partial charge < -0.3 is 10.2 Å². The summed E-state index contributed by atoms with van der Waals surface area (Å²) in [4.78, 5) is 25.7. The van der Waals surface area contributed by atoms with E-state index in [4.69, 9.17) is 11.6 Å². The van der Waals surface area contributed by atoms with E-state index < -0.39 is 10.8 Å². The minimum Gasteiger partial charge on any atom is -0.372 e. The number of rotatable bonds is 15. The van der Waals surface area contributed by atoms with Gasteiger partial charge in [-0.1, -0.05) is 88.2 Å². The summed E-state index contributed by atoms with van der Waals surface area (Å²) >= 11 is 6.10. The number of nitrogens with zero attached hydrogens (tertiary/aromatic N) is 2. The Balaban J connectivity index is 1.63. The molecule has 0 bridgehead atoms. The summed E-state index contributed by atoms with van der Waals surface area (Å²) in [6.07, 6.45) is 10.2. The zero-order valence-corrected chi connectivity index (χ0v) is 23.2. The molecule has 0 aromatic heterocycles. The lowest BCUT2D eigenvalue weighted by atomic mass is 10.0. The number of anilines is 2. The first kappa shape index (κ1) is 29.2. The van der Waals surface area contributed by atoms with Crippen molar-refractivity contribution in [2.45, 2.75) is 65.2 Å². The predicted octanol–water partition coefficient (Wildman–Crippen LogP) is 9.13. The maximum atomic E-state index is 12.7. The molecule has 7 heteroatoms. The number of non-ortho nitro benzene ring substituents is 1. The van der Waals surface area contributed by atoms with Gasteiger partial charge in [-0.2, -0.15) is 0 Å². The number of unbranched alkanes of at least 4 members (excludes halogenated alkanes) is 6. The van der Waals surface area contributed by atoms with E-state index in [1.807, 2.05) is 24.3 Å². The number of nitrogens with one attached hydrogen (secondary N) is 1. The second kappa shape index (κ2) is 15.1. The molecule has 3 rings (SSSR count). The first-order valence-electron chi connectivity index (χ1n) is 13.6. The maximum Gasteiger partial charge on any atom is 0.270 e. The minimum atomic E-state index is -0.551. The summed E-state index contributed by atoms with van der Waals surface area (Å²) in [7, 11) is 0. The smallest absolute Gasteiger partial charge is 0.270 e. The molecule has 6 nitrogen and oxygen atoms in total. The van der Waals surface area contributed by atoms with Crippen molar-refractivity contribution in [3.05, 3.63) is 87.4 Å². The Morgan fingerprint density at radius 1 is 0.816 bits per heavy atom. The van der Waals surface area contributed by atoms with Gasteiger partial charge in [-0.05, 0) is 54.3 Å². The molecule has 3 aromatic rings. The highest BCUT2D eigenvalue weighted by molar-refractivity contribution is 6.34. The van der Waals surface area contributed by atoms with E-state index in [-0.39, 0.29) is 16.3 Å². The average Bonchev–Trinajstić information content (AvgIpc) is 2.93. The normalized spacial score (nSPS) is 10.8. The predicted molar refractivity (Wildman–Crippen MR) is 158 cm³/mol. The molecule has 0 saturated heterocycles. The topological polar surface area (TPSA) is 75.5 Å². The van der Waals surface area contributed by atoms with Gasteiger partial charge in [-0.15, -0.1) is 0 Å². The fourth-order valence-electron chi connectivity index (χ4n) is 4.41. The van der Waals surface area contributed by atoms with Crippen LogP contribution in [0.15, 0.2) is 66.7 Å². The molecule has 0 aliphatic heterocycles. The maximum absolute atomic E-state index is 12.7. The molecule has 0 radical (unpaired) electrons. The van der Waals surface area contributed by atoms with Crippen molar-refractivity contribution in [3.63, 3.8) is 0 Å². The minimum absolute atomic E-state index is 0.0640. The molecule has 0 unspecified atom stereocenters. The Kier molecular flexibility index (Phi) is 11.6. The summed E-state index contributed by atoms with van der Waals surface area (Å²) in [5.41, 5.74) is 3.87. The van der Waals surface area contributed by atoms with Gasteiger partial charge in [0.15, 0.2) is 0 Å². The summed E-state index contributed by atoms with van der Waals surface area (Å²) in [6.45, 7) is 6.65. The molecule has 202 valence electrons. The fourth-order valence-corrected chi connectivity index (χ4v) is 4.62. The largest absolute Gasteiger partial charge is 0.372 e. The number of nitro benzene ring substituents is 1. The SMILES string of the molecule is CCCCCCCCN(CCCC)c1ccc(-c2ccc(NC(=O)c3cc([N+](=O)[O-])ccc3Cl)cc2)cc1. The molecule has 0 saturated carbocycles. The molecule has 0 aliphatic rings. The zero-order chi connectivity index (χ0) is 27.3. The molecular weight excluding hydrogens is 498 g/mol. The van der Waals surface area contributed by atoms with Crippen LogP contribution < -0.4 is 10.2 Å². The molecule has 0 aliphatic carbocycles. The monoisotopic (exact) mass is 535 g/mol. The molecule has 0 spiro atoms. The van der Waals surface area contributed by atoms with Crippen molar-refractivity contribution in [1.82, 2.24) is 0 Å². The second-order valence-corrected chi connectivity index (χ2v) is 10.0. The van der Waals surface area contributed by atoms with Crippen LogP contribution in [0.3, 0.4) is 0 Å². The third-order valence-corrected chi connectivity index (χ3v) is 7.01. The fraction of sp³-hybridized carbons (Fsp3) is 0.387. The molecule has 38 heavy (non-hydrogen) atoms. The van der Waals surface area contributed by atoms with Gasteiger partial charge in [0, 0.05) is 36.6 Å². The molecular formula is C31H38ClN3O3. The molecule has 3 aromatic carbocycles. The number of carbonyl (C=O) groups excluding carboxylic acids is 1. The van der Waals surface area contributed by atoms with Gasteiger partial charge in [0.2, 0.25) is 0 Å². The standard InChI is InChI=1S/C31H38ClN3O3/c1-3-5-7-8-9-10-22-34(21-6-4-2)27-17-13-25(14-18-27)24-11-15-26(16-12-24)33-31(36)29-23-28(35(37)38)19-20-30(29)32/h11-20,23H,3-10,21-22H2,1-2H3,(H,33,36). The first-order valence-corrected chi connectivity index (χ1v) is 14.0. The lowest BCUT2D eigenvalue weighted by molar-refractivity contribution is -0.384. The van der Waals surface area contributed by atoms with E-state index in [0.717, 1.165) is 24.2 Å². The highest BCUT2D eigenvalue weighted by Crippen LogP contribution is 2.27. The molecule has 0 atom stereocenters. The third kappa shape index (κ3) is 8.59. The van der Waals surface area contributed by atoms with Crippen LogP contribution in [0.25, 0.3) is 11.1 Å². The molecule has 0 heterocycles. The Morgan fingerprint density at radius 2 is 1.39 bits per heavy atom. The highest BCUT2D eigenvalue weighted by atomic mass is 35.5. The molecule has 0 fully saturated rings. The van der Waals surface area contributed by atoms with Gasteiger partial charge in [-0.3, -0.25) is 14.9 Å². The van der Waals surface area contributed by atoms with Crippen LogP contribution >= 0.6 is 11.6 Å². The molecule has 1 N–H and O–H groups in total. The van der Waals surface area contributed by atoms with Crippen LogP contribution in [0.5, 0.6) is 0 Å². The van der Waals surface area contributed by atoms with Crippen molar-refractivity contribution in [2.24, 2.45) is 0 Å². The van der Waals surface area contributed by atoms with E-state index in [9.17, 15) is 14.9 Å². The first-order chi connectivity index (χ1) is 18.4. The quantitative estimate of drug-likeness (QED) is 0.119. The summed E-state index contributed by atoms with van der Waals surface area (Å²) in [6, 6.07) is 20.0. The number of nitro groups is 1. The summed E-state index contributed by atoms with van der Waals surface area (Å²) < 4.78 is 0. The van der Waals surface area contributed by atoms with Crippen LogP contribution in [0, 0.1) is 10.1 Å². The van der Waals surface area contributed by atoms with E-state index in [1.54, 1.807) is 0 Å². The van der Waals surface area contributed by atoms with Crippen molar-refractivity contribution in [2.75, 3.05) is 23.3 Å². The Hall–Kier alpha value is -3.38. The number of amides is 1. The van der Waals surface area contributed by atoms with Crippen LogP contribution in [0.2, 0.25) is 5.02 Å². The number of benzene rings is 3. The van der Waals surface area contributed by atoms with Crippen LogP contribution in [-0.4, -0.2) is 23.9 Å². The summed E-state index contributed by atoms with van der Waals surface area (Å²) in [5, 5.41) is 14.0. The van der Waals surface area contributed by atoms with Gasteiger partial charge >= 0.3 is 0 Å². The van der Waals surface area contributed by atoms with Crippen molar-refractivity contribution in [3.8, 4) is 11.1 Å². The van der Waals surface area contributed by atoms with Gasteiger partial charge in [0.05, 0.1) is 15.5 Å². The Bertz CT molecular complexity index is 1180. The Labute approximate surface area is 231 Å². The van der Waals surface area contributed by atoms with Crippen LogP contribution in [0.1, 0.15) is 75.6 Å². The van der Waals surface area contributed by atoms with Crippen LogP contribution in [-0.2, 0) is 0 Å². The van der Waals surface area contributed by atoms with Gasteiger partial charge in [0.1, 0.15) is 0 Å². The number of hydrogen-bond donors (Lipinski definition) is 1. The number of carbonyl (C=O) groups is 1. The lowest BCUT2D eigenvalue weighted by Gasteiger charge is -2.25. The van der Waals surface area contributed by atoms with Crippen molar-refractivity contribution < 1.29 is 9.72 Å². The van der Waals surface area contributed by atoms with Crippen LogP contribution in [0.4, 0.5) is 17.1 Å². The van der Waals surface area contributed by atoms with E-state index in [0.29, 0.717) is 5.69 Å². The zero-order valence-electron chi connectivity index (χ0n) is 22.4. The Morgan fingerprint density at radius 3 is 2.03 bits per heavy atom. The number of hydrogen-bond acceptors (Lipinski definition) is 4. The highest BCUT2D eigenvalue weighted by Gasteiger charge is 2.16. The van der Waals surface area contributed by atoms with E-state index in [1.165, 1.54) is 75.3 Å². The lowest BCUT2D eigenvalue weighted by Crippen LogP contribution is -2.25. The van der Waals surface area contributed by atoms with Gasteiger partial charge in [0.25, 0.3) is 11.6 Å². The average molecular weight is 536 g/mol. The van der Waals surface area contributed by atoms with E-state index in [2.05, 4.69) is 48.3 Å². The number of halogens is 1. The summed E-state index contributed by atoms with van der Waals surface area (Å²) in [5.74, 6) is -0.492. The van der Waals surface area contributed by atoms with Crippen molar-refractivity contribution >= 4 is 34.6 Å². The van der Waals surface area contributed by atoms with Crippen molar-refractivity contribution in [1.29, 1.82) is 0 Å². The second-order valence-electron chi connectivity index (χ2n) is 9.61. The van der Waals surface area contributed by atoms with E-state index >= 15 is 0 Å². The third-order valence-electron chi connectivity index (χ3n) is 6.68. The van der Waals surface area contributed by atoms with Gasteiger partial charge in [-0.25, -0.2) is 0 Å². The molecule has 1 amide bonds.